The Morgan fingerprint density at radius 3 is 2.60 bits per heavy atom. The summed E-state index contributed by atoms with van der Waals surface area (Å²) < 4.78 is 0. The standard InChI is InChI=1S/C21H24N2O2/c1-15-10-12-17(13-11-15)22-20(24)14-23(2)21(25)19-9-5-7-16-6-3-4-8-18(16)19/h3-4,6,8,10-13,19H,5,7,9,14H2,1-2H3,(H,22,24). The zero-order valence-corrected chi connectivity index (χ0v) is 14.8. The van der Waals surface area contributed by atoms with Crippen LogP contribution in [0.3, 0.4) is 0 Å². The maximum absolute atomic E-state index is 12.8. The number of carbonyl (C=O) groups is 2. The summed E-state index contributed by atoms with van der Waals surface area (Å²) in [6.07, 6.45) is 2.88. The fourth-order valence-corrected chi connectivity index (χ4v) is 3.41. The monoisotopic (exact) mass is 336 g/mol. The normalized spacial score (nSPS) is 16.0. The van der Waals surface area contributed by atoms with Crippen molar-refractivity contribution in [3.63, 3.8) is 0 Å². The molecule has 0 spiro atoms. The van der Waals surface area contributed by atoms with Gasteiger partial charge in [-0.25, -0.2) is 0 Å². The summed E-state index contributed by atoms with van der Waals surface area (Å²) in [6.45, 7) is 2.06. The maximum atomic E-state index is 12.8. The molecule has 0 heterocycles. The molecule has 0 radical (unpaired) electrons. The predicted molar refractivity (Wildman–Crippen MR) is 99.6 cm³/mol. The number of rotatable bonds is 4. The van der Waals surface area contributed by atoms with Crippen molar-refractivity contribution >= 4 is 17.5 Å². The maximum Gasteiger partial charge on any atom is 0.243 e. The summed E-state index contributed by atoms with van der Waals surface area (Å²) in [5.41, 5.74) is 4.26. The molecule has 1 N–H and O–H groups in total. The van der Waals surface area contributed by atoms with Crippen LogP contribution >= 0.6 is 0 Å². The van der Waals surface area contributed by atoms with Crippen molar-refractivity contribution in [1.82, 2.24) is 4.90 Å². The molecule has 4 heteroatoms. The van der Waals surface area contributed by atoms with Gasteiger partial charge < -0.3 is 10.2 Å². The number of likely N-dealkylation sites (N-methyl/N-ethyl adjacent to an activating group) is 1. The van der Waals surface area contributed by atoms with Crippen molar-refractivity contribution in [3.05, 3.63) is 65.2 Å². The van der Waals surface area contributed by atoms with Crippen LogP contribution in [0.1, 0.15) is 35.4 Å². The van der Waals surface area contributed by atoms with Gasteiger partial charge in [-0.1, -0.05) is 42.0 Å². The van der Waals surface area contributed by atoms with Crippen LogP contribution in [-0.2, 0) is 16.0 Å². The van der Waals surface area contributed by atoms with Crippen LogP contribution in [0.25, 0.3) is 0 Å². The summed E-state index contributed by atoms with van der Waals surface area (Å²) >= 11 is 0. The molecule has 1 aliphatic rings. The zero-order valence-electron chi connectivity index (χ0n) is 14.8. The van der Waals surface area contributed by atoms with Crippen LogP contribution in [0, 0.1) is 6.92 Å². The molecule has 0 saturated heterocycles. The third-order valence-electron chi connectivity index (χ3n) is 4.76. The topological polar surface area (TPSA) is 49.4 Å². The quantitative estimate of drug-likeness (QED) is 0.929. The molecule has 4 nitrogen and oxygen atoms in total. The summed E-state index contributed by atoms with van der Waals surface area (Å²) in [5.74, 6) is -0.294. The van der Waals surface area contributed by atoms with Crippen LogP contribution in [-0.4, -0.2) is 30.3 Å². The van der Waals surface area contributed by atoms with Crippen molar-refractivity contribution in [2.45, 2.75) is 32.1 Å². The molecule has 0 saturated carbocycles. The Bertz CT molecular complexity index is 768. The van der Waals surface area contributed by atoms with Crippen LogP contribution in [0.2, 0.25) is 0 Å². The average molecular weight is 336 g/mol. The van der Waals surface area contributed by atoms with Crippen LogP contribution < -0.4 is 5.32 Å². The van der Waals surface area contributed by atoms with E-state index in [0.29, 0.717) is 0 Å². The van der Waals surface area contributed by atoms with Crippen molar-refractivity contribution in [3.8, 4) is 0 Å². The Balaban J connectivity index is 1.63. The minimum Gasteiger partial charge on any atom is -0.336 e. The number of hydrogen-bond acceptors (Lipinski definition) is 2. The molecule has 1 aliphatic carbocycles. The number of amides is 2. The molecule has 0 aliphatic heterocycles. The Labute approximate surface area is 148 Å². The highest BCUT2D eigenvalue weighted by Crippen LogP contribution is 2.32. The van der Waals surface area contributed by atoms with E-state index in [1.165, 1.54) is 10.5 Å². The second kappa shape index (κ2) is 7.51. The van der Waals surface area contributed by atoms with Gasteiger partial charge in [-0.15, -0.1) is 0 Å². The van der Waals surface area contributed by atoms with Crippen molar-refractivity contribution < 1.29 is 9.59 Å². The first-order valence-electron chi connectivity index (χ1n) is 8.74. The van der Waals surface area contributed by atoms with E-state index in [-0.39, 0.29) is 24.3 Å². The van der Waals surface area contributed by atoms with Crippen LogP contribution in [0.15, 0.2) is 48.5 Å². The summed E-state index contributed by atoms with van der Waals surface area (Å²) in [4.78, 5) is 26.6. The second-order valence-corrected chi connectivity index (χ2v) is 6.75. The van der Waals surface area contributed by atoms with Gasteiger partial charge in [0.15, 0.2) is 0 Å². The minimum atomic E-state index is -0.177. The van der Waals surface area contributed by atoms with E-state index in [0.717, 1.165) is 36.1 Å². The van der Waals surface area contributed by atoms with Gasteiger partial charge in [0.2, 0.25) is 11.8 Å². The molecule has 25 heavy (non-hydrogen) atoms. The van der Waals surface area contributed by atoms with Gasteiger partial charge in [0.1, 0.15) is 0 Å². The SMILES string of the molecule is Cc1ccc(NC(=O)CN(C)C(=O)C2CCCc3ccccc32)cc1. The molecule has 0 bridgehead atoms. The number of hydrogen-bond donors (Lipinski definition) is 1. The van der Waals surface area contributed by atoms with Gasteiger partial charge in [-0.05, 0) is 49.4 Å². The van der Waals surface area contributed by atoms with Crippen LogP contribution in [0.5, 0.6) is 0 Å². The molecule has 2 aromatic rings. The number of nitrogens with one attached hydrogen (secondary N) is 1. The van der Waals surface area contributed by atoms with E-state index in [4.69, 9.17) is 0 Å². The van der Waals surface area contributed by atoms with Crippen molar-refractivity contribution in [2.75, 3.05) is 18.9 Å². The van der Waals surface area contributed by atoms with Crippen molar-refractivity contribution in [2.24, 2.45) is 0 Å². The Kier molecular flexibility index (Phi) is 5.17. The lowest BCUT2D eigenvalue weighted by Gasteiger charge is -2.28. The molecular formula is C21H24N2O2. The Hall–Kier alpha value is -2.62. The first-order valence-corrected chi connectivity index (χ1v) is 8.74. The molecule has 3 rings (SSSR count). The highest BCUT2D eigenvalue weighted by Gasteiger charge is 2.29. The molecule has 2 amide bonds. The summed E-state index contributed by atoms with van der Waals surface area (Å²) in [5, 5.41) is 2.84. The highest BCUT2D eigenvalue weighted by atomic mass is 16.2. The number of nitrogens with zero attached hydrogens (tertiary/aromatic N) is 1. The first-order chi connectivity index (χ1) is 12.0. The Morgan fingerprint density at radius 2 is 1.84 bits per heavy atom. The zero-order chi connectivity index (χ0) is 17.8. The number of fused-ring (bicyclic) bond motifs is 1. The van der Waals surface area contributed by atoms with E-state index >= 15 is 0 Å². The van der Waals surface area contributed by atoms with Crippen LogP contribution in [0.4, 0.5) is 5.69 Å². The molecule has 0 fully saturated rings. The molecule has 1 unspecified atom stereocenters. The lowest BCUT2D eigenvalue weighted by Crippen LogP contribution is -2.38. The van der Waals surface area contributed by atoms with Gasteiger partial charge in [-0.3, -0.25) is 9.59 Å². The molecule has 0 aromatic heterocycles. The fraction of sp³-hybridized carbons (Fsp3) is 0.333. The van der Waals surface area contributed by atoms with E-state index in [1.807, 2.05) is 49.4 Å². The van der Waals surface area contributed by atoms with Gasteiger partial charge in [-0.2, -0.15) is 0 Å². The van der Waals surface area contributed by atoms with Gasteiger partial charge in [0.25, 0.3) is 0 Å². The number of carbonyl (C=O) groups excluding carboxylic acids is 2. The number of anilines is 1. The summed E-state index contributed by atoms with van der Waals surface area (Å²) in [6, 6.07) is 15.8. The molecular weight excluding hydrogens is 312 g/mol. The average Bonchev–Trinajstić information content (AvgIpc) is 2.62. The Morgan fingerprint density at radius 1 is 1.12 bits per heavy atom. The second-order valence-electron chi connectivity index (χ2n) is 6.75. The lowest BCUT2D eigenvalue weighted by molar-refractivity contribution is -0.134. The van der Waals surface area contributed by atoms with E-state index < -0.39 is 0 Å². The minimum absolute atomic E-state index is 0.0196. The molecule has 130 valence electrons. The van der Waals surface area contributed by atoms with Gasteiger partial charge in [0, 0.05) is 12.7 Å². The molecule has 1 atom stereocenters. The van der Waals surface area contributed by atoms with E-state index in [2.05, 4.69) is 11.4 Å². The van der Waals surface area contributed by atoms with E-state index in [9.17, 15) is 9.59 Å². The third-order valence-corrected chi connectivity index (χ3v) is 4.76. The third kappa shape index (κ3) is 4.08. The fourth-order valence-electron chi connectivity index (χ4n) is 3.41. The number of aryl methyl sites for hydroxylation is 2. The molecule has 2 aromatic carbocycles. The largest absolute Gasteiger partial charge is 0.336 e. The van der Waals surface area contributed by atoms with Gasteiger partial charge in [0.05, 0.1) is 12.5 Å². The lowest BCUT2D eigenvalue weighted by atomic mass is 9.82. The summed E-state index contributed by atoms with van der Waals surface area (Å²) in [7, 11) is 1.70. The predicted octanol–water partition coefficient (Wildman–Crippen LogP) is 3.51. The van der Waals surface area contributed by atoms with Gasteiger partial charge >= 0.3 is 0 Å². The smallest absolute Gasteiger partial charge is 0.243 e. The first kappa shape index (κ1) is 17.2. The van der Waals surface area contributed by atoms with Crippen molar-refractivity contribution in [1.29, 1.82) is 0 Å². The number of benzene rings is 2. The highest BCUT2D eigenvalue weighted by molar-refractivity contribution is 5.95. The van der Waals surface area contributed by atoms with E-state index in [1.54, 1.807) is 7.05 Å².